The van der Waals surface area contributed by atoms with E-state index in [1.54, 1.807) is 18.2 Å². The first-order chi connectivity index (χ1) is 13.6. The number of imide groups is 1. The third-order valence-corrected chi connectivity index (χ3v) is 6.28. The molecule has 0 radical (unpaired) electrons. The van der Waals surface area contributed by atoms with Crippen molar-refractivity contribution in [2.24, 2.45) is 0 Å². The molecular formula is C24H14ClNO2. The van der Waals surface area contributed by atoms with Crippen molar-refractivity contribution < 1.29 is 9.59 Å². The van der Waals surface area contributed by atoms with Crippen LogP contribution in [0.4, 0.5) is 5.69 Å². The van der Waals surface area contributed by atoms with Crippen molar-refractivity contribution in [2.75, 3.05) is 4.90 Å². The minimum Gasteiger partial charge on any atom is -0.268 e. The Morgan fingerprint density at radius 2 is 1.36 bits per heavy atom. The van der Waals surface area contributed by atoms with E-state index in [0.29, 0.717) is 27.2 Å². The number of rotatable bonds is 1. The Balaban J connectivity index is 1.65. The number of hydrogen-bond acceptors (Lipinski definition) is 2. The summed E-state index contributed by atoms with van der Waals surface area (Å²) in [5.41, 5.74) is 4.23. The molecule has 0 atom stereocenters. The molecule has 0 bridgehead atoms. The van der Waals surface area contributed by atoms with Crippen LogP contribution < -0.4 is 4.90 Å². The van der Waals surface area contributed by atoms with Gasteiger partial charge in [-0.15, -0.1) is 0 Å². The Hall–Kier alpha value is -3.17. The molecule has 3 nitrogen and oxygen atoms in total. The topological polar surface area (TPSA) is 37.4 Å². The van der Waals surface area contributed by atoms with Crippen molar-refractivity contribution in [2.45, 2.75) is 12.8 Å². The predicted molar refractivity (Wildman–Crippen MR) is 111 cm³/mol. The average Bonchev–Trinajstić information content (AvgIpc) is 3.14. The van der Waals surface area contributed by atoms with Crippen LogP contribution in [-0.4, -0.2) is 11.8 Å². The van der Waals surface area contributed by atoms with Gasteiger partial charge >= 0.3 is 0 Å². The zero-order valence-corrected chi connectivity index (χ0v) is 15.6. The van der Waals surface area contributed by atoms with E-state index in [4.69, 9.17) is 11.6 Å². The van der Waals surface area contributed by atoms with E-state index in [-0.39, 0.29) is 11.8 Å². The molecule has 0 N–H and O–H groups in total. The van der Waals surface area contributed by atoms with E-state index in [2.05, 4.69) is 6.07 Å². The maximum atomic E-state index is 13.4. The fourth-order valence-electron chi connectivity index (χ4n) is 4.71. The Labute approximate surface area is 166 Å². The van der Waals surface area contributed by atoms with Crippen molar-refractivity contribution in [1.82, 2.24) is 0 Å². The van der Waals surface area contributed by atoms with Crippen LogP contribution in [0.5, 0.6) is 0 Å². The van der Waals surface area contributed by atoms with Gasteiger partial charge in [0.1, 0.15) is 0 Å². The molecular weight excluding hydrogens is 370 g/mol. The minimum atomic E-state index is -0.302. The SMILES string of the molecule is O=C1c2cccc3c(Cl)ccc(c23)C(=O)N1c1ccc2c3c(cccc13)CC2. The Bertz CT molecular complexity index is 1340. The summed E-state index contributed by atoms with van der Waals surface area (Å²) in [5.74, 6) is -0.604. The highest BCUT2D eigenvalue weighted by molar-refractivity contribution is 6.41. The van der Waals surface area contributed by atoms with Crippen molar-refractivity contribution in [3.8, 4) is 0 Å². The smallest absolute Gasteiger partial charge is 0.266 e. The van der Waals surface area contributed by atoms with E-state index in [0.717, 1.165) is 23.6 Å². The van der Waals surface area contributed by atoms with Gasteiger partial charge in [-0.05, 0) is 53.6 Å². The second-order valence-electron chi connectivity index (χ2n) is 7.35. The summed E-state index contributed by atoms with van der Waals surface area (Å²) in [7, 11) is 0. The highest BCUT2D eigenvalue weighted by Gasteiger charge is 2.35. The number of nitrogens with zero attached hydrogens (tertiary/aromatic N) is 1. The Morgan fingerprint density at radius 3 is 2.18 bits per heavy atom. The molecule has 2 aliphatic rings. The monoisotopic (exact) mass is 383 g/mol. The van der Waals surface area contributed by atoms with E-state index >= 15 is 0 Å². The molecule has 0 saturated heterocycles. The van der Waals surface area contributed by atoms with E-state index in [1.807, 2.05) is 36.4 Å². The molecule has 4 aromatic rings. The van der Waals surface area contributed by atoms with Crippen LogP contribution in [0.2, 0.25) is 5.02 Å². The van der Waals surface area contributed by atoms with Crippen LogP contribution in [0.15, 0.2) is 60.7 Å². The second-order valence-corrected chi connectivity index (χ2v) is 7.76. The summed E-state index contributed by atoms with van der Waals surface area (Å²) in [5, 5.41) is 4.06. The molecule has 28 heavy (non-hydrogen) atoms. The molecule has 0 fully saturated rings. The summed E-state index contributed by atoms with van der Waals surface area (Å²) in [6.07, 6.45) is 2.00. The van der Waals surface area contributed by atoms with Gasteiger partial charge in [-0.1, -0.05) is 48.0 Å². The number of hydrogen-bond donors (Lipinski definition) is 0. The van der Waals surface area contributed by atoms with Crippen LogP contribution in [0, 0.1) is 0 Å². The van der Waals surface area contributed by atoms with E-state index in [1.165, 1.54) is 21.4 Å². The number of benzene rings is 4. The lowest BCUT2D eigenvalue weighted by Crippen LogP contribution is -2.40. The molecule has 1 aliphatic carbocycles. The van der Waals surface area contributed by atoms with Crippen LogP contribution in [-0.2, 0) is 12.8 Å². The molecule has 0 unspecified atom stereocenters. The van der Waals surface area contributed by atoms with Crippen molar-refractivity contribution in [3.05, 3.63) is 87.9 Å². The van der Waals surface area contributed by atoms with Crippen molar-refractivity contribution >= 4 is 50.6 Å². The van der Waals surface area contributed by atoms with Gasteiger partial charge in [-0.2, -0.15) is 0 Å². The molecule has 4 heteroatoms. The first-order valence-corrected chi connectivity index (χ1v) is 9.66. The average molecular weight is 384 g/mol. The van der Waals surface area contributed by atoms with Crippen molar-refractivity contribution in [3.63, 3.8) is 0 Å². The van der Waals surface area contributed by atoms with Gasteiger partial charge in [-0.25, -0.2) is 4.90 Å². The van der Waals surface area contributed by atoms with Crippen LogP contribution >= 0.6 is 11.6 Å². The zero-order valence-electron chi connectivity index (χ0n) is 14.8. The van der Waals surface area contributed by atoms with Gasteiger partial charge in [0.05, 0.1) is 5.69 Å². The van der Waals surface area contributed by atoms with E-state index in [9.17, 15) is 9.59 Å². The highest BCUT2D eigenvalue weighted by atomic mass is 35.5. The summed E-state index contributed by atoms with van der Waals surface area (Å²) in [6.45, 7) is 0. The molecule has 0 aromatic heterocycles. The predicted octanol–water partition coefficient (Wildman–Crippen LogP) is 5.55. The summed E-state index contributed by atoms with van der Waals surface area (Å²) < 4.78 is 0. The minimum absolute atomic E-state index is 0.302. The maximum absolute atomic E-state index is 13.4. The van der Waals surface area contributed by atoms with Crippen molar-refractivity contribution in [1.29, 1.82) is 0 Å². The standard InChI is InChI=1S/C24H14ClNO2/c25-19-11-10-18-22-15(19)4-2-6-17(22)23(27)26(24(18)28)20-12-9-14-8-7-13-3-1-5-16(20)21(13)14/h1-6,9-12H,7-8H2. The molecule has 2 amide bonds. The first-order valence-electron chi connectivity index (χ1n) is 9.28. The summed E-state index contributed by atoms with van der Waals surface area (Å²) in [4.78, 5) is 28.2. The molecule has 1 aliphatic heterocycles. The van der Waals surface area contributed by atoms with Crippen LogP contribution in [0.25, 0.3) is 21.5 Å². The Morgan fingerprint density at radius 1 is 0.679 bits per heavy atom. The Kier molecular flexibility index (Phi) is 3.07. The molecule has 1 heterocycles. The third kappa shape index (κ3) is 1.89. The number of amides is 2. The van der Waals surface area contributed by atoms with Gasteiger partial charge in [0.25, 0.3) is 11.8 Å². The quantitative estimate of drug-likeness (QED) is 0.404. The molecule has 6 rings (SSSR count). The number of anilines is 1. The number of halogens is 1. The lowest BCUT2D eigenvalue weighted by Gasteiger charge is -2.28. The third-order valence-electron chi connectivity index (χ3n) is 5.95. The molecule has 4 aromatic carbocycles. The van der Waals surface area contributed by atoms with Gasteiger partial charge in [0.15, 0.2) is 0 Å². The number of aryl methyl sites for hydroxylation is 2. The molecule has 0 saturated carbocycles. The van der Waals surface area contributed by atoms with Crippen LogP contribution in [0.1, 0.15) is 31.8 Å². The van der Waals surface area contributed by atoms with Gasteiger partial charge < -0.3 is 0 Å². The van der Waals surface area contributed by atoms with Gasteiger partial charge in [0.2, 0.25) is 0 Å². The van der Waals surface area contributed by atoms with Gasteiger partial charge in [-0.3, -0.25) is 9.59 Å². The first kappa shape index (κ1) is 15.8. The fraction of sp³-hybridized carbons (Fsp3) is 0.0833. The summed E-state index contributed by atoms with van der Waals surface area (Å²) >= 11 is 6.31. The highest BCUT2D eigenvalue weighted by Crippen LogP contribution is 2.40. The molecule has 0 spiro atoms. The normalized spacial score (nSPS) is 15.1. The lowest BCUT2D eigenvalue weighted by atomic mass is 9.93. The maximum Gasteiger partial charge on any atom is 0.266 e. The fourth-order valence-corrected chi connectivity index (χ4v) is 4.93. The molecule has 134 valence electrons. The van der Waals surface area contributed by atoms with Gasteiger partial charge in [0, 0.05) is 32.3 Å². The number of carbonyl (C=O) groups is 2. The lowest BCUT2D eigenvalue weighted by molar-refractivity contribution is 0.0894. The largest absolute Gasteiger partial charge is 0.268 e. The zero-order chi connectivity index (χ0) is 19.0. The van der Waals surface area contributed by atoms with E-state index < -0.39 is 0 Å². The summed E-state index contributed by atoms with van der Waals surface area (Å²) in [6, 6.07) is 19.0. The van der Waals surface area contributed by atoms with Crippen LogP contribution in [0.3, 0.4) is 0 Å². The number of carbonyl (C=O) groups excluding carboxylic acids is 2. The second kappa shape index (κ2) is 5.43.